The van der Waals surface area contributed by atoms with Gasteiger partial charge in [-0.25, -0.2) is 4.99 Å². The van der Waals surface area contributed by atoms with E-state index in [4.69, 9.17) is 9.73 Å². The molecule has 1 heterocycles. The van der Waals surface area contributed by atoms with Gasteiger partial charge in [0.15, 0.2) is 5.96 Å². The Kier molecular flexibility index (Phi) is 7.53. The average molecular weight is 373 g/mol. The molecule has 0 unspecified atom stereocenters. The van der Waals surface area contributed by atoms with Crippen LogP contribution >= 0.6 is 0 Å². The topological polar surface area (TPSA) is 48.9 Å². The van der Waals surface area contributed by atoms with Gasteiger partial charge in [0.1, 0.15) is 0 Å². The number of nitrogens with one attached hydrogen (secondary N) is 2. The molecule has 2 N–H and O–H groups in total. The summed E-state index contributed by atoms with van der Waals surface area (Å²) >= 11 is 0. The van der Waals surface area contributed by atoms with E-state index >= 15 is 0 Å². The third-order valence-corrected chi connectivity index (χ3v) is 6.09. The summed E-state index contributed by atoms with van der Waals surface area (Å²) in [5, 5.41) is 6.95. The van der Waals surface area contributed by atoms with E-state index in [1.807, 2.05) is 0 Å². The fourth-order valence-electron chi connectivity index (χ4n) is 3.88. The zero-order valence-corrected chi connectivity index (χ0v) is 17.1. The summed E-state index contributed by atoms with van der Waals surface area (Å²) in [5.74, 6) is 0.939. The van der Waals surface area contributed by atoms with Crippen molar-refractivity contribution in [2.45, 2.75) is 52.6 Å². The second kappa shape index (κ2) is 10.1. The van der Waals surface area contributed by atoms with Crippen LogP contribution in [0.5, 0.6) is 0 Å². The molecule has 0 aromatic heterocycles. The van der Waals surface area contributed by atoms with Gasteiger partial charge in [0.2, 0.25) is 0 Å². The Morgan fingerprint density at radius 3 is 2.37 bits per heavy atom. The van der Waals surface area contributed by atoms with Crippen molar-refractivity contribution in [1.29, 1.82) is 0 Å². The van der Waals surface area contributed by atoms with Crippen molar-refractivity contribution in [1.82, 2.24) is 15.5 Å². The Bertz CT molecular complexity index is 583. The van der Waals surface area contributed by atoms with Crippen molar-refractivity contribution >= 4 is 5.96 Å². The number of benzene rings is 1. The van der Waals surface area contributed by atoms with Gasteiger partial charge in [-0.15, -0.1) is 0 Å². The highest BCUT2D eigenvalue weighted by atomic mass is 16.5. The van der Waals surface area contributed by atoms with Crippen LogP contribution in [0.15, 0.2) is 29.3 Å². The van der Waals surface area contributed by atoms with Crippen LogP contribution in [-0.4, -0.2) is 50.3 Å². The molecule has 1 saturated heterocycles. The molecule has 1 aliphatic heterocycles. The van der Waals surface area contributed by atoms with Gasteiger partial charge in [0.05, 0.1) is 19.8 Å². The maximum absolute atomic E-state index is 5.42. The monoisotopic (exact) mass is 372 g/mol. The van der Waals surface area contributed by atoms with Gasteiger partial charge < -0.3 is 15.4 Å². The van der Waals surface area contributed by atoms with E-state index in [0.29, 0.717) is 12.0 Å². The zero-order chi connectivity index (χ0) is 19.0. The van der Waals surface area contributed by atoms with Crippen LogP contribution in [0.25, 0.3) is 0 Å². The predicted octanol–water partition coefficient (Wildman–Crippen LogP) is 3.15. The van der Waals surface area contributed by atoms with E-state index in [1.54, 1.807) is 0 Å². The van der Waals surface area contributed by atoms with Crippen molar-refractivity contribution < 1.29 is 4.74 Å². The van der Waals surface area contributed by atoms with Gasteiger partial charge in [0.25, 0.3) is 0 Å². The van der Waals surface area contributed by atoms with E-state index in [0.717, 1.165) is 51.9 Å². The van der Waals surface area contributed by atoms with Crippen LogP contribution in [0.2, 0.25) is 0 Å². The van der Waals surface area contributed by atoms with Crippen LogP contribution in [0.3, 0.4) is 0 Å². The lowest BCUT2D eigenvalue weighted by Crippen LogP contribution is -2.46. The number of ether oxygens (including phenoxy) is 1. The highest BCUT2D eigenvalue weighted by Gasteiger charge is 2.34. The maximum Gasteiger partial charge on any atom is 0.191 e. The first kappa shape index (κ1) is 20.2. The SMILES string of the molecule is CCNC(=NCc1ccc(CN2CCOCC2)cc1)NCC1(CC)CCC1. The fourth-order valence-corrected chi connectivity index (χ4v) is 3.88. The molecule has 27 heavy (non-hydrogen) atoms. The lowest BCUT2D eigenvalue weighted by Gasteiger charge is -2.41. The van der Waals surface area contributed by atoms with E-state index in [9.17, 15) is 0 Å². The van der Waals surface area contributed by atoms with Gasteiger partial charge in [0, 0.05) is 32.7 Å². The molecule has 1 aromatic rings. The largest absolute Gasteiger partial charge is 0.379 e. The van der Waals surface area contributed by atoms with Crippen molar-refractivity contribution in [2.75, 3.05) is 39.4 Å². The zero-order valence-electron chi connectivity index (χ0n) is 17.1. The molecule has 150 valence electrons. The Labute approximate surface area is 164 Å². The molecule has 5 nitrogen and oxygen atoms in total. The molecule has 0 radical (unpaired) electrons. The summed E-state index contributed by atoms with van der Waals surface area (Å²) in [4.78, 5) is 7.24. The molecule has 2 fully saturated rings. The predicted molar refractivity (Wildman–Crippen MR) is 112 cm³/mol. The minimum Gasteiger partial charge on any atom is -0.379 e. The maximum atomic E-state index is 5.42. The van der Waals surface area contributed by atoms with Crippen molar-refractivity contribution in [3.63, 3.8) is 0 Å². The van der Waals surface area contributed by atoms with Crippen LogP contribution in [0.4, 0.5) is 0 Å². The van der Waals surface area contributed by atoms with E-state index in [-0.39, 0.29) is 0 Å². The van der Waals surface area contributed by atoms with Crippen LogP contribution in [-0.2, 0) is 17.8 Å². The minimum atomic E-state index is 0.497. The number of morpholine rings is 1. The normalized spacial score (nSPS) is 20.1. The van der Waals surface area contributed by atoms with Gasteiger partial charge in [-0.05, 0) is 42.7 Å². The van der Waals surface area contributed by atoms with E-state index < -0.39 is 0 Å². The summed E-state index contributed by atoms with van der Waals surface area (Å²) in [6.07, 6.45) is 5.32. The Balaban J connectivity index is 1.50. The summed E-state index contributed by atoms with van der Waals surface area (Å²) in [6.45, 7) is 11.9. The number of hydrogen-bond acceptors (Lipinski definition) is 3. The lowest BCUT2D eigenvalue weighted by atomic mass is 9.67. The van der Waals surface area contributed by atoms with Crippen molar-refractivity contribution in [3.8, 4) is 0 Å². The summed E-state index contributed by atoms with van der Waals surface area (Å²) < 4.78 is 5.42. The third kappa shape index (κ3) is 5.94. The smallest absolute Gasteiger partial charge is 0.191 e. The van der Waals surface area contributed by atoms with Crippen molar-refractivity contribution in [3.05, 3.63) is 35.4 Å². The fraction of sp³-hybridized carbons (Fsp3) is 0.682. The molecule has 2 aliphatic rings. The molecule has 0 bridgehead atoms. The molecule has 0 atom stereocenters. The average Bonchev–Trinajstić information content (AvgIpc) is 2.67. The number of nitrogens with zero attached hydrogens (tertiary/aromatic N) is 2. The standard InChI is InChI=1S/C22H36N4O/c1-3-22(10-5-11-22)18-25-21(23-4-2)24-16-19-6-8-20(9-7-19)17-26-12-14-27-15-13-26/h6-9H,3-5,10-18H2,1-2H3,(H2,23,24,25). The molecule has 1 aromatic carbocycles. The van der Waals surface area contributed by atoms with Gasteiger partial charge in [-0.1, -0.05) is 37.6 Å². The quantitative estimate of drug-likeness (QED) is 0.544. The second-order valence-corrected chi connectivity index (χ2v) is 7.96. The van der Waals surface area contributed by atoms with E-state index in [1.165, 1.54) is 36.8 Å². The van der Waals surface area contributed by atoms with Crippen LogP contribution in [0.1, 0.15) is 50.7 Å². The molecule has 0 spiro atoms. The minimum absolute atomic E-state index is 0.497. The molecule has 0 amide bonds. The Hall–Kier alpha value is -1.59. The van der Waals surface area contributed by atoms with Gasteiger partial charge in [-0.3, -0.25) is 4.90 Å². The summed E-state index contributed by atoms with van der Waals surface area (Å²) in [5.41, 5.74) is 3.12. The number of rotatable bonds is 8. The van der Waals surface area contributed by atoms with Gasteiger partial charge in [-0.2, -0.15) is 0 Å². The van der Waals surface area contributed by atoms with Crippen molar-refractivity contribution in [2.24, 2.45) is 10.4 Å². The number of aliphatic imine (C=N–C) groups is 1. The molecular formula is C22H36N4O. The highest BCUT2D eigenvalue weighted by Crippen LogP contribution is 2.42. The number of guanidine groups is 1. The second-order valence-electron chi connectivity index (χ2n) is 7.96. The van der Waals surface area contributed by atoms with Crippen LogP contribution in [0, 0.1) is 5.41 Å². The molecule has 3 rings (SSSR count). The Morgan fingerprint density at radius 2 is 1.78 bits per heavy atom. The lowest BCUT2D eigenvalue weighted by molar-refractivity contribution is 0.0342. The van der Waals surface area contributed by atoms with Crippen LogP contribution < -0.4 is 10.6 Å². The first-order valence-corrected chi connectivity index (χ1v) is 10.6. The first-order chi connectivity index (χ1) is 13.2. The highest BCUT2D eigenvalue weighted by molar-refractivity contribution is 5.79. The molecule has 5 heteroatoms. The summed E-state index contributed by atoms with van der Waals surface area (Å²) in [6, 6.07) is 8.90. The van der Waals surface area contributed by atoms with Gasteiger partial charge >= 0.3 is 0 Å². The molecular weight excluding hydrogens is 336 g/mol. The third-order valence-electron chi connectivity index (χ3n) is 6.09. The summed E-state index contributed by atoms with van der Waals surface area (Å²) in [7, 11) is 0. The van der Waals surface area contributed by atoms with E-state index in [2.05, 4.69) is 53.6 Å². The number of hydrogen-bond donors (Lipinski definition) is 2. The first-order valence-electron chi connectivity index (χ1n) is 10.6. The Morgan fingerprint density at radius 1 is 1.07 bits per heavy atom. The molecule has 1 saturated carbocycles. The molecule has 1 aliphatic carbocycles.